The number of hydrogen-bond acceptors (Lipinski definition) is 4. The SMILES string of the molecule is O=C(CCN1CCN(c2ccc(F)cc2)CC1)c1cn(C(=O)c2ccc(F)cc2)c2ccccc12. The second kappa shape index (κ2) is 9.80. The zero-order valence-electron chi connectivity index (χ0n) is 19.2. The lowest BCUT2D eigenvalue weighted by atomic mass is 10.1. The van der Waals surface area contributed by atoms with Crippen LogP contribution in [-0.2, 0) is 0 Å². The van der Waals surface area contributed by atoms with Crippen LogP contribution in [0.25, 0.3) is 10.9 Å². The van der Waals surface area contributed by atoms with Gasteiger partial charge in [0.15, 0.2) is 5.78 Å². The molecule has 7 heteroatoms. The summed E-state index contributed by atoms with van der Waals surface area (Å²) < 4.78 is 27.9. The highest BCUT2D eigenvalue weighted by Crippen LogP contribution is 2.24. The van der Waals surface area contributed by atoms with Crippen LogP contribution >= 0.6 is 0 Å². The first kappa shape index (κ1) is 22.9. The summed E-state index contributed by atoms with van der Waals surface area (Å²) in [7, 11) is 0. The summed E-state index contributed by atoms with van der Waals surface area (Å²) in [4.78, 5) is 30.7. The van der Waals surface area contributed by atoms with Crippen LogP contribution in [-0.4, -0.2) is 53.9 Å². The predicted octanol–water partition coefficient (Wildman–Crippen LogP) is 5.00. The van der Waals surface area contributed by atoms with Crippen molar-refractivity contribution in [2.75, 3.05) is 37.6 Å². The first-order chi connectivity index (χ1) is 17.0. The Labute approximate surface area is 202 Å². The van der Waals surface area contributed by atoms with Crippen molar-refractivity contribution in [3.63, 3.8) is 0 Å². The Kier molecular flexibility index (Phi) is 6.42. The number of ketones is 1. The molecule has 2 heterocycles. The average Bonchev–Trinajstić information content (AvgIpc) is 3.28. The van der Waals surface area contributed by atoms with Gasteiger partial charge >= 0.3 is 0 Å². The molecular weight excluding hydrogens is 448 g/mol. The number of nitrogens with zero attached hydrogens (tertiary/aromatic N) is 3. The van der Waals surface area contributed by atoms with E-state index in [9.17, 15) is 18.4 Å². The Balaban J connectivity index is 1.26. The average molecular weight is 474 g/mol. The van der Waals surface area contributed by atoms with Gasteiger partial charge < -0.3 is 4.90 Å². The zero-order chi connectivity index (χ0) is 24.4. The van der Waals surface area contributed by atoms with E-state index in [0.29, 0.717) is 29.6 Å². The summed E-state index contributed by atoms with van der Waals surface area (Å²) in [5.74, 6) is -0.982. The van der Waals surface area contributed by atoms with Crippen molar-refractivity contribution in [3.8, 4) is 0 Å². The number of Topliss-reactive ketones (excluding diaryl/α,β-unsaturated/α-hetero) is 1. The van der Waals surface area contributed by atoms with Crippen LogP contribution in [0.4, 0.5) is 14.5 Å². The van der Waals surface area contributed by atoms with E-state index in [1.807, 2.05) is 24.3 Å². The highest BCUT2D eigenvalue weighted by molar-refractivity contribution is 6.12. The highest BCUT2D eigenvalue weighted by Gasteiger charge is 2.22. The van der Waals surface area contributed by atoms with Crippen LogP contribution in [0.2, 0.25) is 0 Å². The van der Waals surface area contributed by atoms with Gasteiger partial charge in [0.25, 0.3) is 5.91 Å². The number of rotatable bonds is 6. The second-order valence-electron chi connectivity index (χ2n) is 8.72. The molecule has 35 heavy (non-hydrogen) atoms. The van der Waals surface area contributed by atoms with Crippen LogP contribution in [0.5, 0.6) is 0 Å². The van der Waals surface area contributed by atoms with E-state index in [0.717, 1.165) is 37.3 Å². The molecule has 5 nitrogen and oxygen atoms in total. The minimum Gasteiger partial charge on any atom is -0.369 e. The molecule has 0 amide bonds. The molecule has 0 aliphatic carbocycles. The number of aromatic nitrogens is 1. The first-order valence-electron chi connectivity index (χ1n) is 11.7. The van der Waals surface area contributed by atoms with Crippen molar-refractivity contribution >= 4 is 28.3 Å². The standard InChI is InChI=1S/C28H25F2N3O2/c29-21-7-5-20(6-8-21)28(35)33-19-25(24-3-1-2-4-26(24)33)27(34)13-14-31-15-17-32(18-16-31)23-11-9-22(30)10-12-23/h1-12,19H,13-18H2. The molecule has 0 spiro atoms. The van der Waals surface area contributed by atoms with E-state index in [1.165, 1.54) is 41.0 Å². The van der Waals surface area contributed by atoms with Gasteiger partial charge in [0.05, 0.1) is 5.52 Å². The maximum Gasteiger partial charge on any atom is 0.262 e. The number of piperazine rings is 1. The molecule has 5 rings (SSSR count). The lowest BCUT2D eigenvalue weighted by Gasteiger charge is -2.36. The lowest BCUT2D eigenvalue weighted by Crippen LogP contribution is -2.46. The molecule has 0 radical (unpaired) electrons. The number of carbonyl (C=O) groups excluding carboxylic acids is 2. The van der Waals surface area contributed by atoms with E-state index in [2.05, 4.69) is 9.80 Å². The van der Waals surface area contributed by atoms with Crippen molar-refractivity contribution in [2.45, 2.75) is 6.42 Å². The molecule has 0 unspecified atom stereocenters. The van der Waals surface area contributed by atoms with Gasteiger partial charge in [0.1, 0.15) is 11.6 Å². The van der Waals surface area contributed by atoms with Gasteiger partial charge in [-0.3, -0.25) is 19.1 Å². The third kappa shape index (κ3) is 4.86. The molecule has 1 saturated heterocycles. The molecule has 178 valence electrons. The number of hydrogen-bond donors (Lipinski definition) is 0. The fourth-order valence-corrected chi connectivity index (χ4v) is 4.58. The minimum absolute atomic E-state index is 0.0205. The summed E-state index contributed by atoms with van der Waals surface area (Å²) in [5.41, 5.74) is 2.52. The van der Waals surface area contributed by atoms with Gasteiger partial charge in [-0.2, -0.15) is 0 Å². The first-order valence-corrected chi connectivity index (χ1v) is 11.7. The number of para-hydroxylation sites is 1. The molecular formula is C28H25F2N3O2. The predicted molar refractivity (Wildman–Crippen MR) is 132 cm³/mol. The van der Waals surface area contributed by atoms with E-state index < -0.39 is 5.82 Å². The Morgan fingerprint density at radius 1 is 0.771 bits per heavy atom. The van der Waals surface area contributed by atoms with Gasteiger partial charge in [0, 0.05) is 67.5 Å². The van der Waals surface area contributed by atoms with Crippen molar-refractivity contribution in [1.82, 2.24) is 9.47 Å². The molecule has 1 aliphatic rings. The Hall–Kier alpha value is -3.84. The third-order valence-corrected chi connectivity index (χ3v) is 6.54. The number of fused-ring (bicyclic) bond motifs is 1. The summed E-state index contributed by atoms with van der Waals surface area (Å²) in [5, 5.41) is 0.731. The maximum atomic E-state index is 13.3. The summed E-state index contributed by atoms with van der Waals surface area (Å²) in [6.45, 7) is 3.88. The fraction of sp³-hybridized carbons (Fsp3) is 0.214. The number of carbonyl (C=O) groups is 2. The van der Waals surface area contributed by atoms with Crippen molar-refractivity contribution in [1.29, 1.82) is 0 Å². The quantitative estimate of drug-likeness (QED) is 0.370. The molecule has 1 aromatic heterocycles. The van der Waals surface area contributed by atoms with E-state index in [-0.39, 0.29) is 17.5 Å². The van der Waals surface area contributed by atoms with Crippen LogP contribution in [0.3, 0.4) is 0 Å². The largest absolute Gasteiger partial charge is 0.369 e. The smallest absolute Gasteiger partial charge is 0.262 e. The molecule has 1 aliphatic heterocycles. The maximum absolute atomic E-state index is 13.3. The monoisotopic (exact) mass is 473 g/mol. The van der Waals surface area contributed by atoms with E-state index in [1.54, 1.807) is 18.3 Å². The van der Waals surface area contributed by atoms with Crippen LogP contribution < -0.4 is 4.90 Å². The van der Waals surface area contributed by atoms with Crippen LogP contribution in [0.15, 0.2) is 79.0 Å². The number of halogens is 2. The van der Waals surface area contributed by atoms with Gasteiger partial charge in [0.2, 0.25) is 0 Å². The molecule has 0 bridgehead atoms. The molecule has 1 fully saturated rings. The Morgan fingerprint density at radius 2 is 1.40 bits per heavy atom. The Bertz CT molecular complexity index is 1360. The Morgan fingerprint density at radius 3 is 2.09 bits per heavy atom. The van der Waals surface area contributed by atoms with Gasteiger partial charge in [-0.05, 0) is 54.6 Å². The lowest BCUT2D eigenvalue weighted by molar-refractivity contribution is 0.0963. The van der Waals surface area contributed by atoms with Crippen LogP contribution in [0, 0.1) is 11.6 Å². The van der Waals surface area contributed by atoms with Crippen molar-refractivity contribution in [3.05, 3.63) is 102 Å². The normalized spacial score (nSPS) is 14.4. The van der Waals surface area contributed by atoms with Crippen molar-refractivity contribution < 1.29 is 18.4 Å². The van der Waals surface area contributed by atoms with Gasteiger partial charge in [-0.25, -0.2) is 8.78 Å². The fourth-order valence-electron chi connectivity index (χ4n) is 4.58. The van der Waals surface area contributed by atoms with Crippen molar-refractivity contribution in [2.24, 2.45) is 0 Å². The topological polar surface area (TPSA) is 45.6 Å². The second-order valence-corrected chi connectivity index (χ2v) is 8.72. The molecule has 0 atom stereocenters. The molecule has 0 saturated carbocycles. The highest BCUT2D eigenvalue weighted by atomic mass is 19.1. The number of benzene rings is 3. The number of anilines is 1. The third-order valence-electron chi connectivity index (χ3n) is 6.54. The zero-order valence-corrected chi connectivity index (χ0v) is 19.2. The summed E-state index contributed by atoms with van der Waals surface area (Å²) >= 11 is 0. The molecule has 4 aromatic rings. The van der Waals surface area contributed by atoms with Crippen LogP contribution in [0.1, 0.15) is 27.1 Å². The summed E-state index contributed by atoms with van der Waals surface area (Å²) in [6.07, 6.45) is 1.94. The van der Waals surface area contributed by atoms with E-state index in [4.69, 9.17) is 0 Å². The minimum atomic E-state index is -0.409. The van der Waals surface area contributed by atoms with E-state index >= 15 is 0 Å². The van der Waals surface area contributed by atoms with Gasteiger partial charge in [-0.15, -0.1) is 0 Å². The summed E-state index contributed by atoms with van der Waals surface area (Å²) in [6, 6.07) is 19.2. The molecule has 0 N–H and O–H groups in total. The molecule has 3 aromatic carbocycles. The van der Waals surface area contributed by atoms with Gasteiger partial charge in [-0.1, -0.05) is 18.2 Å².